The summed E-state index contributed by atoms with van der Waals surface area (Å²) in [5, 5.41) is 0. The quantitative estimate of drug-likeness (QED) is 0.419. The van der Waals surface area contributed by atoms with E-state index in [1.807, 2.05) is 0 Å². The first-order valence-electron chi connectivity index (χ1n) is 0. The van der Waals surface area contributed by atoms with E-state index < -0.39 is 0 Å². The van der Waals surface area contributed by atoms with E-state index in [1.165, 1.54) is 0 Å². The van der Waals surface area contributed by atoms with Gasteiger partial charge in [0.15, 0.2) is 0 Å². The van der Waals surface area contributed by atoms with E-state index >= 15 is 0 Å². The average Bonchev–Trinajstić information content (AvgIpc) is 0. The van der Waals surface area contributed by atoms with Crippen molar-refractivity contribution in [2.45, 2.75) is 0 Å². The molecule has 0 bridgehead atoms. The van der Waals surface area contributed by atoms with Gasteiger partial charge < -0.3 is 0 Å². The molecular weight excluding hydrogens is 397 g/mol. The fourth-order valence-electron chi connectivity index (χ4n) is 0. The minimum absolute atomic E-state index is 0. The van der Waals surface area contributed by atoms with Crippen molar-refractivity contribution in [1.82, 2.24) is 0 Å². The molecule has 0 spiro atoms. The van der Waals surface area contributed by atoms with Crippen LogP contribution in [0.15, 0.2) is 0 Å². The van der Waals surface area contributed by atoms with Crippen LogP contribution in [0.3, 0.4) is 0 Å². The van der Waals surface area contributed by atoms with E-state index in [0.29, 0.717) is 0 Å². The monoisotopic (exact) mass is 402 g/mol. The van der Waals surface area contributed by atoms with E-state index in [9.17, 15) is 0 Å². The normalized spacial score (nSPS) is 0. The zero-order valence-electron chi connectivity index (χ0n) is 1.00. The number of hydrogen-bond acceptors (Lipinski definition) is 0. The fraction of sp³-hybridized carbons (Fsp3) is 0. The zero-order valence-corrected chi connectivity index (χ0v) is 7.05. The molecule has 0 aliphatic carbocycles. The summed E-state index contributed by atoms with van der Waals surface area (Å²) in [5.41, 5.74) is 0. The van der Waals surface area contributed by atoms with Crippen LogP contribution in [0.2, 0.25) is 0 Å². The average molecular weight is 401 g/mol. The molecule has 0 heterocycles. The summed E-state index contributed by atoms with van der Waals surface area (Å²) in [4.78, 5) is 0. The van der Waals surface area contributed by atoms with Gasteiger partial charge >= 0.3 is 83.2 Å². The summed E-state index contributed by atoms with van der Waals surface area (Å²) in [6, 6.07) is 0. The Kier molecular flexibility index (Phi) is 92.4. The van der Waals surface area contributed by atoms with Gasteiger partial charge in [0.1, 0.15) is 0 Å². The van der Waals surface area contributed by atoms with E-state index in [1.54, 1.807) is 0 Å². The maximum Gasteiger partial charge on any atom is 0 e. The second kappa shape index (κ2) is 15.6. The van der Waals surface area contributed by atoms with Crippen LogP contribution < -0.4 is 0 Å². The fourth-order valence-corrected chi connectivity index (χ4v) is 0. The van der Waals surface area contributed by atoms with Gasteiger partial charge in [0.2, 0.25) is 0 Å². The Morgan fingerprint density at radius 2 is 1.00 bits per heavy atom. The molecule has 0 nitrogen and oxygen atoms in total. The van der Waals surface area contributed by atoms with Gasteiger partial charge in [-0.25, -0.2) is 0 Å². The summed E-state index contributed by atoms with van der Waals surface area (Å²) < 4.78 is 0. The van der Waals surface area contributed by atoms with Crippen LogP contribution in [-0.2, 0) is 52.0 Å². The van der Waals surface area contributed by atoms with Crippen molar-refractivity contribution in [2.75, 3.05) is 0 Å². The number of rotatable bonds is 0. The smallest absolute Gasteiger partial charge is 0 e. The molecule has 0 aliphatic heterocycles. The number of hydrogen-bond donors (Lipinski definition) is 0. The van der Waals surface area contributed by atoms with Crippen LogP contribution in [0.4, 0.5) is 0 Å². The topological polar surface area (TPSA) is 0 Å². The summed E-state index contributed by atoms with van der Waals surface area (Å²) in [6.45, 7) is 0. The molecule has 0 aliphatic rings. The summed E-state index contributed by atoms with van der Waals surface area (Å²) in [7, 11) is 0. The van der Waals surface area contributed by atoms with Crippen LogP contribution in [0.5, 0.6) is 0 Å². The van der Waals surface area contributed by atoms with Crippen molar-refractivity contribution in [1.29, 1.82) is 0 Å². The molecule has 0 saturated carbocycles. The molecule has 0 aromatic rings. The van der Waals surface area contributed by atoms with Gasteiger partial charge in [-0.1, -0.05) is 0 Å². The van der Waals surface area contributed by atoms with Crippen molar-refractivity contribution in [3.8, 4) is 0 Å². The van der Waals surface area contributed by atoms with Crippen LogP contribution in [0.25, 0.3) is 0 Å². The molecule has 0 rings (SSSR count). The van der Waals surface area contributed by atoms with Gasteiger partial charge in [-0.2, -0.15) is 0 Å². The minimum atomic E-state index is 0. The van der Waals surface area contributed by atoms with Crippen molar-refractivity contribution >= 4 is 83.2 Å². The molecule has 0 saturated heterocycles. The third-order valence-electron chi connectivity index (χ3n) is 0. The molecule has 16 valence electrons. The van der Waals surface area contributed by atoms with Gasteiger partial charge in [0.25, 0.3) is 0 Å². The third kappa shape index (κ3) is 9.71. The van der Waals surface area contributed by atoms with Crippen LogP contribution in [-0.4, -0.2) is 83.2 Å². The van der Waals surface area contributed by atoms with E-state index in [2.05, 4.69) is 0 Å². The van der Waals surface area contributed by atoms with E-state index in [4.69, 9.17) is 0 Å². The molecule has 0 amide bonds. The Balaban J connectivity index is 0. The molecule has 0 aromatic carbocycles. The first-order valence-corrected chi connectivity index (χ1v) is 0. The van der Waals surface area contributed by atoms with Gasteiger partial charge in [-0.3, -0.25) is 0 Å². The maximum atomic E-state index is 0. The Hall–Kier alpha value is 4.49. The molecule has 0 radical (unpaired) electrons. The van der Waals surface area contributed by atoms with Crippen molar-refractivity contribution in [3.63, 3.8) is 0 Å². The van der Waals surface area contributed by atoms with E-state index in [0.717, 1.165) is 0 Å². The van der Waals surface area contributed by atoms with Gasteiger partial charge in [-0.05, 0) is 0 Å². The predicted octanol–water partition coefficient (Wildman–Crippen LogP) is -1.84. The molecule has 0 aromatic heterocycles. The maximum absolute atomic E-state index is 0. The first-order chi connectivity index (χ1) is 0. The van der Waals surface area contributed by atoms with Gasteiger partial charge in [-0.15, -0.1) is 0 Å². The van der Waals surface area contributed by atoms with E-state index in [-0.39, 0.29) is 135 Å². The van der Waals surface area contributed by atoms with Crippen molar-refractivity contribution in [2.24, 2.45) is 0 Å². The molecule has 0 atom stereocenters. The SMILES string of the molecule is [CaH2].[Hf].[SrH2].[Zr]. The molecule has 0 fully saturated rings. The van der Waals surface area contributed by atoms with Gasteiger partial charge in [0, 0.05) is 52.0 Å². The summed E-state index contributed by atoms with van der Waals surface area (Å²) in [5.74, 6) is 0. The minimum Gasteiger partial charge on any atom is 0 e. The Labute approximate surface area is 131 Å². The van der Waals surface area contributed by atoms with Crippen LogP contribution in [0.1, 0.15) is 0 Å². The first kappa shape index (κ1) is 23.6. The molecule has 0 N–H and O–H groups in total. The third-order valence-corrected chi connectivity index (χ3v) is 0. The molecule has 4 heteroatoms. The second-order valence-corrected chi connectivity index (χ2v) is 0. The standard InChI is InChI=1S/Ca.Hf.Sr.Zr.4H. The van der Waals surface area contributed by atoms with Crippen molar-refractivity contribution in [3.05, 3.63) is 0 Å². The Morgan fingerprint density at radius 3 is 1.00 bits per heavy atom. The predicted molar refractivity (Wildman–Crippen MR) is 17.1 cm³/mol. The Morgan fingerprint density at radius 1 is 1.00 bits per heavy atom. The van der Waals surface area contributed by atoms with Crippen LogP contribution in [0, 0.1) is 0 Å². The second-order valence-electron chi connectivity index (χ2n) is 0. The van der Waals surface area contributed by atoms with Gasteiger partial charge in [0.05, 0.1) is 0 Å². The molecule has 4 heavy (non-hydrogen) atoms. The summed E-state index contributed by atoms with van der Waals surface area (Å²) in [6.07, 6.45) is 0. The Bertz CT molecular complexity index is 8.00. The zero-order chi connectivity index (χ0) is 0. The molecular formula is H4CaHfSrZr. The van der Waals surface area contributed by atoms with Crippen LogP contribution >= 0.6 is 0 Å². The summed E-state index contributed by atoms with van der Waals surface area (Å²) >= 11 is 0. The molecule has 0 unspecified atom stereocenters. The largest absolute Gasteiger partial charge is 0 e. The van der Waals surface area contributed by atoms with Crippen molar-refractivity contribution < 1.29 is 52.0 Å².